The molecular weight excluding hydrogens is 302 g/mol. The second-order valence-electron chi connectivity index (χ2n) is 6.92. The first-order chi connectivity index (χ1) is 9.90. The van der Waals surface area contributed by atoms with Crippen LogP contribution in [-0.4, -0.2) is 31.9 Å². The molecule has 0 bridgehead atoms. The van der Waals surface area contributed by atoms with Gasteiger partial charge < -0.3 is 5.32 Å². The number of pyridine rings is 1. The Balaban J connectivity index is 2.19. The molecular formula is C15H23N3O3S. The largest absolute Gasteiger partial charge is 0.346 e. The summed E-state index contributed by atoms with van der Waals surface area (Å²) in [6, 6.07) is 2.80. The molecule has 0 saturated heterocycles. The Morgan fingerprint density at radius 1 is 1.09 bits per heavy atom. The number of aromatic nitrogens is 1. The molecule has 1 saturated carbocycles. The Bertz CT molecular complexity index is 692. The minimum atomic E-state index is -3.59. The zero-order valence-corrected chi connectivity index (χ0v) is 14.6. The highest BCUT2D eigenvalue weighted by molar-refractivity contribution is 7.89. The first kappa shape index (κ1) is 16.9. The Labute approximate surface area is 131 Å². The van der Waals surface area contributed by atoms with E-state index in [9.17, 15) is 13.2 Å². The smallest absolute Gasteiger partial charge is 0.257 e. The maximum Gasteiger partial charge on any atom is 0.257 e. The summed E-state index contributed by atoms with van der Waals surface area (Å²) in [5.74, 6) is -0.248. The molecule has 6 nitrogen and oxygen atoms in total. The molecule has 1 amide bonds. The molecule has 0 spiro atoms. The third-order valence-electron chi connectivity index (χ3n) is 5.91. The summed E-state index contributed by atoms with van der Waals surface area (Å²) in [5, 5.41) is 2.95. The highest BCUT2D eigenvalue weighted by Crippen LogP contribution is 2.71. The van der Waals surface area contributed by atoms with Gasteiger partial charge >= 0.3 is 0 Å². The Hall–Kier alpha value is -1.47. The average Bonchev–Trinajstić information content (AvgIpc) is 2.75. The van der Waals surface area contributed by atoms with Crippen LogP contribution < -0.4 is 10.0 Å². The molecule has 122 valence electrons. The highest BCUT2D eigenvalue weighted by Gasteiger charge is 2.75. The number of nitrogens with one attached hydrogen (secondary N) is 2. The summed E-state index contributed by atoms with van der Waals surface area (Å²) in [4.78, 5) is 16.2. The topological polar surface area (TPSA) is 88.2 Å². The van der Waals surface area contributed by atoms with Gasteiger partial charge in [0.1, 0.15) is 0 Å². The lowest BCUT2D eigenvalue weighted by Gasteiger charge is -2.18. The van der Waals surface area contributed by atoms with Gasteiger partial charge in [-0.25, -0.2) is 18.1 Å². The van der Waals surface area contributed by atoms with Gasteiger partial charge in [-0.05, 0) is 36.9 Å². The van der Waals surface area contributed by atoms with Crippen molar-refractivity contribution in [3.63, 3.8) is 0 Å². The Kier molecular flexibility index (Phi) is 3.66. The highest BCUT2D eigenvalue weighted by atomic mass is 32.2. The molecule has 2 rings (SSSR count). The van der Waals surface area contributed by atoms with Crippen molar-refractivity contribution < 1.29 is 13.2 Å². The van der Waals surface area contributed by atoms with Gasteiger partial charge in [0.05, 0.1) is 5.56 Å². The summed E-state index contributed by atoms with van der Waals surface area (Å²) in [6.45, 7) is 10.5. The molecule has 1 aliphatic carbocycles. The Morgan fingerprint density at radius 3 is 2.00 bits per heavy atom. The number of hydrogen-bond acceptors (Lipinski definition) is 4. The van der Waals surface area contributed by atoms with Crippen LogP contribution in [0.4, 0.5) is 0 Å². The third kappa shape index (κ3) is 2.14. The predicted molar refractivity (Wildman–Crippen MR) is 83.9 cm³/mol. The van der Waals surface area contributed by atoms with Gasteiger partial charge in [0.2, 0.25) is 0 Å². The second kappa shape index (κ2) is 4.76. The van der Waals surface area contributed by atoms with E-state index in [4.69, 9.17) is 0 Å². The van der Waals surface area contributed by atoms with Gasteiger partial charge in [0, 0.05) is 11.7 Å². The SMILES string of the molecule is CNS(=O)(=O)c1ccc(C(=O)NC2(C)C(C)(C)C2(C)C)cn1. The van der Waals surface area contributed by atoms with Gasteiger partial charge in [0.25, 0.3) is 15.9 Å². The summed E-state index contributed by atoms with van der Waals surface area (Å²) < 4.78 is 25.4. The minimum Gasteiger partial charge on any atom is -0.346 e. The number of sulfonamides is 1. The van der Waals surface area contributed by atoms with Crippen LogP contribution in [0, 0.1) is 10.8 Å². The molecule has 0 unspecified atom stereocenters. The van der Waals surface area contributed by atoms with E-state index in [-0.39, 0.29) is 27.3 Å². The van der Waals surface area contributed by atoms with E-state index < -0.39 is 10.0 Å². The van der Waals surface area contributed by atoms with Gasteiger partial charge in [0.15, 0.2) is 5.03 Å². The molecule has 1 aromatic rings. The van der Waals surface area contributed by atoms with Crippen LogP contribution in [-0.2, 0) is 10.0 Å². The van der Waals surface area contributed by atoms with E-state index in [1.165, 1.54) is 25.4 Å². The van der Waals surface area contributed by atoms with Crippen molar-refractivity contribution >= 4 is 15.9 Å². The normalized spacial score (nSPS) is 21.2. The van der Waals surface area contributed by atoms with Gasteiger partial charge in [-0.1, -0.05) is 27.7 Å². The molecule has 1 heterocycles. The fourth-order valence-corrected chi connectivity index (χ4v) is 3.63. The summed E-state index contributed by atoms with van der Waals surface area (Å²) in [6.07, 6.45) is 1.28. The second-order valence-corrected chi connectivity index (χ2v) is 8.76. The fraction of sp³-hybridized carbons (Fsp3) is 0.600. The number of carbonyl (C=O) groups is 1. The first-order valence-electron chi connectivity index (χ1n) is 7.13. The van der Waals surface area contributed by atoms with Gasteiger partial charge in [-0.15, -0.1) is 0 Å². The number of carbonyl (C=O) groups excluding carboxylic acids is 1. The standard InChI is InChI=1S/C15H23N3O3S/c1-13(2)14(3,4)15(13,5)18-12(19)10-7-8-11(17-9-10)22(20,21)16-6/h7-9,16H,1-6H3,(H,18,19). The van der Waals surface area contributed by atoms with Crippen LogP contribution in [0.2, 0.25) is 0 Å². The summed E-state index contributed by atoms with van der Waals surface area (Å²) in [5.41, 5.74) is -0.00106. The summed E-state index contributed by atoms with van der Waals surface area (Å²) >= 11 is 0. The lowest BCUT2D eigenvalue weighted by molar-refractivity contribution is 0.0920. The fourth-order valence-electron chi connectivity index (χ4n) is 2.98. The maximum absolute atomic E-state index is 12.4. The predicted octanol–water partition coefficient (Wildman–Crippen LogP) is 1.54. The van der Waals surface area contributed by atoms with Crippen LogP contribution in [0.3, 0.4) is 0 Å². The minimum absolute atomic E-state index is 0.0154. The number of amides is 1. The van der Waals surface area contributed by atoms with Crippen LogP contribution in [0.5, 0.6) is 0 Å². The Morgan fingerprint density at radius 2 is 1.64 bits per heavy atom. The van der Waals surface area contributed by atoms with Crippen molar-refractivity contribution in [2.45, 2.75) is 45.2 Å². The third-order valence-corrected chi connectivity index (χ3v) is 7.24. The van der Waals surface area contributed by atoms with Gasteiger partial charge in [-0.2, -0.15) is 0 Å². The van der Waals surface area contributed by atoms with E-state index in [2.05, 4.69) is 42.7 Å². The van der Waals surface area contributed by atoms with Crippen LogP contribution in [0.1, 0.15) is 45.0 Å². The quantitative estimate of drug-likeness (QED) is 0.879. The van der Waals surface area contributed by atoms with E-state index in [0.717, 1.165) is 0 Å². The average molecular weight is 325 g/mol. The van der Waals surface area contributed by atoms with Crippen molar-refractivity contribution in [3.8, 4) is 0 Å². The molecule has 1 fully saturated rings. The molecule has 7 heteroatoms. The molecule has 0 radical (unpaired) electrons. The first-order valence-corrected chi connectivity index (χ1v) is 8.61. The molecule has 0 aromatic carbocycles. The van der Waals surface area contributed by atoms with Crippen LogP contribution in [0.25, 0.3) is 0 Å². The van der Waals surface area contributed by atoms with Gasteiger partial charge in [-0.3, -0.25) is 4.79 Å². The molecule has 1 aliphatic rings. The summed E-state index contributed by atoms with van der Waals surface area (Å²) in [7, 11) is -2.28. The zero-order valence-electron chi connectivity index (χ0n) is 13.8. The zero-order chi connectivity index (χ0) is 17.0. The molecule has 22 heavy (non-hydrogen) atoms. The number of nitrogens with zero attached hydrogens (tertiary/aromatic N) is 1. The molecule has 1 aromatic heterocycles. The van der Waals surface area contributed by atoms with Crippen molar-refractivity contribution in [1.29, 1.82) is 0 Å². The number of rotatable bonds is 4. The monoisotopic (exact) mass is 325 g/mol. The van der Waals surface area contributed by atoms with Crippen LogP contribution in [0.15, 0.2) is 23.4 Å². The van der Waals surface area contributed by atoms with E-state index in [1.807, 2.05) is 6.92 Å². The molecule has 0 aliphatic heterocycles. The van der Waals surface area contributed by atoms with Crippen molar-refractivity contribution in [1.82, 2.24) is 15.0 Å². The van der Waals surface area contributed by atoms with Crippen molar-refractivity contribution in [2.75, 3.05) is 7.05 Å². The maximum atomic E-state index is 12.4. The van der Waals surface area contributed by atoms with E-state index >= 15 is 0 Å². The van der Waals surface area contributed by atoms with Crippen molar-refractivity contribution in [2.24, 2.45) is 10.8 Å². The van der Waals surface area contributed by atoms with E-state index in [1.54, 1.807) is 0 Å². The molecule has 2 N–H and O–H groups in total. The molecule has 0 atom stereocenters. The van der Waals surface area contributed by atoms with Crippen molar-refractivity contribution in [3.05, 3.63) is 23.9 Å². The lowest BCUT2D eigenvalue weighted by Crippen LogP contribution is -2.40. The van der Waals surface area contributed by atoms with Crippen LogP contribution >= 0.6 is 0 Å². The lowest BCUT2D eigenvalue weighted by atomic mass is 10.0. The van der Waals surface area contributed by atoms with E-state index in [0.29, 0.717) is 5.56 Å². The number of hydrogen-bond donors (Lipinski definition) is 2.